The lowest BCUT2D eigenvalue weighted by molar-refractivity contribution is 0.00232. The number of fused-ring (bicyclic) bond motifs is 2. The topological polar surface area (TPSA) is 66.2 Å². The van der Waals surface area contributed by atoms with Crippen LogP contribution in [0.4, 0.5) is 4.79 Å². The van der Waals surface area contributed by atoms with Crippen molar-refractivity contribution >= 4 is 6.09 Å². The fraction of sp³-hybridized carbons (Fsp3) is 0.667. The van der Waals surface area contributed by atoms with Crippen LogP contribution >= 0.6 is 0 Å². The van der Waals surface area contributed by atoms with E-state index in [0.717, 1.165) is 18.4 Å². The normalized spacial score (nSPS) is 30.8. The molecule has 1 aromatic rings. The van der Waals surface area contributed by atoms with Crippen LogP contribution in [-0.2, 0) is 10.2 Å². The molecule has 5 heteroatoms. The summed E-state index contributed by atoms with van der Waals surface area (Å²) >= 11 is 0. The molecular weight excluding hydrogens is 326 g/mol. The molecule has 5 nitrogen and oxygen atoms in total. The number of rotatable bonds is 2. The first-order chi connectivity index (χ1) is 12.3. The lowest BCUT2D eigenvalue weighted by Gasteiger charge is -2.43. The van der Waals surface area contributed by atoms with Gasteiger partial charge in [-0.05, 0) is 76.3 Å². The lowest BCUT2D eigenvalue weighted by atomic mass is 9.71. The summed E-state index contributed by atoms with van der Waals surface area (Å²) in [5.74, 6) is 0.622. The summed E-state index contributed by atoms with van der Waals surface area (Å²) in [4.78, 5) is 19.0. The third-order valence-corrected chi connectivity index (χ3v) is 5.97. The van der Waals surface area contributed by atoms with E-state index >= 15 is 0 Å². The molecule has 0 N–H and O–H groups in total. The SMILES string of the molecule is CC(C)(C)OC(=O)N1[C@@H]2CC[C@H]1CC(C#N)(c1cncc(C3CC3)c1)C2. The van der Waals surface area contributed by atoms with Crippen LogP contribution in [0.5, 0.6) is 0 Å². The van der Waals surface area contributed by atoms with E-state index in [0.29, 0.717) is 18.8 Å². The Hall–Kier alpha value is -2.09. The molecule has 2 bridgehead atoms. The molecule has 1 aromatic heterocycles. The number of ether oxygens (including phenoxy) is 1. The molecule has 3 heterocycles. The molecular formula is C21H27N3O2. The van der Waals surface area contributed by atoms with Gasteiger partial charge in [0.25, 0.3) is 0 Å². The zero-order valence-corrected chi connectivity index (χ0v) is 15.9. The number of carbonyl (C=O) groups is 1. The van der Waals surface area contributed by atoms with Crippen LogP contribution in [0, 0.1) is 11.3 Å². The van der Waals surface area contributed by atoms with Crippen molar-refractivity contribution in [3.05, 3.63) is 29.6 Å². The minimum atomic E-state index is -0.539. The van der Waals surface area contributed by atoms with Crippen LogP contribution in [-0.4, -0.2) is 33.7 Å². The fourth-order valence-corrected chi connectivity index (χ4v) is 4.61. The Balaban J connectivity index is 1.59. The van der Waals surface area contributed by atoms with Gasteiger partial charge in [0, 0.05) is 24.5 Å². The summed E-state index contributed by atoms with van der Waals surface area (Å²) in [6.07, 6.45) is 9.26. The summed E-state index contributed by atoms with van der Waals surface area (Å²) in [6.45, 7) is 5.68. The molecule has 26 heavy (non-hydrogen) atoms. The van der Waals surface area contributed by atoms with E-state index in [-0.39, 0.29) is 18.2 Å². The second kappa shape index (κ2) is 5.97. The Morgan fingerprint density at radius 2 is 1.88 bits per heavy atom. The van der Waals surface area contributed by atoms with Gasteiger partial charge in [-0.25, -0.2) is 4.79 Å². The molecule has 3 fully saturated rings. The minimum Gasteiger partial charge on any atom is -0.444 e. The zero-order valence-electron chi connectivity index (χ0n) is 15.9. The number of hydrogen-bond donors (Lipinski definition) is 0. The van der Waals surface area contributed by atoms with Gasteiger partial charge in [-0.1, -0.05) is 6.07 Å². The van der Waals surface area contributed by atoms with Crippen molar-refractivity contribution in [3.8, 4) is 6.07 Å². The van der Waals surface area contributed by atoms with Gasteiger partial charge in [-0.15, -0.1) is 0 Å². The van der Waals surface area contributed by atoms with Crippen molar-refractivity contribution in [2.75, 3.05) is 0 Å². The highest BCUT2D eigenvalue weighted by atomic mass is 16.6. The van der Waals surface area contributed by atoms with Crippen LogP contribution in [0.3, 0.4) is 0 Å². The molecule has 1 amide bonds. The van der Waals surface area contributed by atoms with Gasteiger partial charge in [-0.2, -0.15) is 5.26 Å². The molecule has 2 saturated heterocycles. The van der Waals surface area contributed by atoms with Gasteiger partial charge in [0.2, 0.25) is 0 Å². The van der Waals surface area contributed by atoms with Crippen molar-refractivity contribution in [3.63, 3.8) is 0 Å². The first-order valence-corrected chi connectivity index (χ1v) is 9.69. The summed E-state index contributed by atoms with van der Waals surface area (Å²) in [5, 5.41) is 10.1. The van der Waals surface area contributed by atoms with Crippen LogP contribution in [0.15, 0.2) is 18.5 Å². The Morgan fingerprint density at radius 3 is 2.42 bits per heavy atom. The average Bonchev–Trinajstić information content (AvgIpc) is 3.39. The standard InChI is InChI=1S/C21H27N3O2/c1-20(2,3)26-19(25)24-17-6-7-18(24)10-21(9-17,13-22)16-8-15(11-23-12-16)14-4-5-14/h8,11-12,14,17-18H,4-7,9-10H2,1-3H3/t17-,18+,21?. The number of nitriles is 1. The third-order valence-electron chi connectivity index (χ3n) is 5.97. The molecule has 3 aliphatic rings. The molecule has 1 unspecified atom stereocenters. The Labute approximate surface area is 155 Å². The predicted octanol–water partition coefficient (Wildman–Crippen LogP) is 4.28. The van der Waals surface area contributed by atoms with Crippen molar-refractivity contribution < 1.29 is 9.53 Å². The Bertz CT molecular complexity index is 743. The molecule has 0 radical (unpaired) electrons. The maximum atomic E-state index is 12.7. The molecule has 2 aliphatic heterocycles. The monoisotopic (exact) mass is 353 g/mol. The number of carbonyl (C=O) groups excluding carboxylic acids is 1. The van der Waals surface area contributed by atoms with E-state index in [1.165, 1.54) is 18.4 Å². The van der Waals surface area contributed by atoms with Gasteiger partial charge in [0.15, 0.2) is 0 Å². The molecule has 3 atom stereocenters. The van der Waals surface area contributed by atoms with Crippen molar-refractivity contribution in [2.45, 2.75) is 88.3 Å². The molecule has 138 valence electrons. The maximum absolute atomic E-state index is 12.7. The summed E-state index contributed by atoms with van der Waals surface area (Å²) in [5.41, 5.74) is 1.26. The smallest absolute Gasteiger partial charge is 0.410 e. The number of amides is 1. The number of piperidine rings is 1. The van der Waals surface area contributed by atoms with E-state index in [1.54, 1.807) is 0 Å². The first kappa shape index (κ1) is 17.3. The quantitative estimate of drug-likeness (QED) is 0.796. The first-order valence-electron chi connectivity index (χ1n) is 9.69. The second-order valence-electron chi connectivity index (χ2n) is 9.16. The van der Waals surface area contributed by atoms with Crippen LogP contribution in [0.2, 0.25) is 0 Å². The largest absolute Gasteiger partial charge is 0.444 e. The fourth-order valence-electron chi connectivity index (χ4n) is 4.61. The van der Waals surface area contributed by atoms with E-state index in [9.17, 15) is 10.1 Å². The Kier molecular flexibility index (Phi) is 3.98. The molecule has 1 aliphatic carbocycles. The molecule has 0 spiro atoms. The average molecular weight is 353 g/mol. The van der Waals surface area contributed by atoms with Crippen LogP contribution in [0.1, 0.15) is 76.3 Å². The van der Waals surface area contributed by atoms with E-state index in [2.05, 4.69) is 17.1 Å². The minimum absolute atomic E-state index is 0.0767. The summed E-state index contributed by atoms with van der Waals surface area (Å²) in [7, 11) is 0. The van der Waals surface area contributed by atoms with Crippen LogP contribution < -0.4 is 0 Å². The number of nitrogens with zero attached hydrogens (tertiary/aromatic N) is 3. The summed E-state index contributed by atoms with van der Waals surface area (Å²) < 4.78 is 5.62. The van der Waals surface area contributed by atoms with Crippen LogP contribution in [0.25, 0.3) is 0 Å². The maximum Gasteiger partial charge on any atom is 0.410 e. The van der Waals surface area contributed by atoms with E-state index in [1.807, 2.05) is 38.1 Å². The summed E-state index contributed by atoms with van der Waals surface area (Å²) in [6, 6.07) is 4.95. The van der Waals surface area contributed by atoms with Gasteiger partial charge < -0.3 is 9.64 Å². The van der Waals surface area contributed by atoms with Crippen molar-refractivity contribution in [2.24, 2.45) is 0 Å². The van der Waals surface area contributed by atoms with Crippen molar-refractivity contribution in [1.82, 2.24) is 9.88 Å². The third kappa shape index (κ3) is 3.06. The lowest BCUT2D eigenvalue weighted by Crippen LogP contribution is -2.52. The predicted molar refractivity (Wildman–Crippen MR) is 97.6 cm³/mol. The number of pyridine rings is 1. The second-order valence-corrected chi connectivity index (χ2v) is 9.16. The van der Waals surface area contributed by atoms with Crippen molar-refractivity contribution in [1.29, 1.82) is 5.26 Å². The van der Waals surface area contributed by atoms with Gasteiger partial charge in [-0.3, -0.25) is 4.98 Å². The molecule has 4 rings (SSSR count). The van der Waals surface area contributed by atoms with Gasteiger partial charge in [0.05, 0.1) is 11.5 Å². The van der Waals surface area contributed by atoms with E-state index < -0.39 is 11.0 Å². The zero-order chi connectivity index (χ0) is 18.5. The highest BCUT2D eigenvalue weighted by Gasteiger charge is 2.52. The highest BCUT2D eigenvalue weighted by Crippen LogP contribution is 2.48. The molecule has 0 aromatic carbocycles. The van der Waals surface area contributed by atoms with E-state index in [4.69, 9.17) is 4.74 Å². The highest BCUT2D eigenvalue weighted by molar-refractivity contribution is 5.70. The number of aromatic nitrogens is 1. The van der Waals surface area contributed by atoms with Gasteiger partial charge in [0.1, 0.15) is 5.60 Å². The molecule has 1 saturated carbocycles. The van der Waals surface area contributed by atoms with Gasteiger partial charge >= 0.3 is 6.09 Å². The Morgan fingerprint density at radius 1 is 1.23 bits per heavy atom. The number of hydrogen-bond acceptors (Lipinski definition) is 4.